The van der Waals surface area contributed by atoms with E-state index in [4.69, 9.17) is 14.2 Å². The minimum atomic E-state index is -1.05. The third-order valence-electron chi connectivity index (χ3n) is 5.94. The van der Waals surface area contributed by atoms with Crippen LogP contribution in [-0.2, 0) is 23.8 Å². The SMILES string of the molecule is O=C1NC(C2CCCCC2)C(=O)N2C[C@@H](C[C@H]2C(=O)O)OCCCOCCCO1. The van der Waals surface area contributed by atoms with E-state index in [0.29, 0.717) is 32.7 Å². The summed E-state index contributed by atoms with van der Waals surface area (Å²) >= 11 is 0. The Hall–Kier alpha value is -1.87. The number of hydrogen-bond donors (Lipinski definition) is 2. The van der Waals surface area contributed by atoms with Crippen molar-refractivity contribution in [2.24, 2.45) is 5.92 Å². The monoisotopic (exact) mass is 412 g/mol. The quantitative estimate of drug-likeness (QED) is 0.707. The van der Waals surface area contributed by atoms with Gasteiger partial charge in [0.2, 0.25) is 5.91 Å². The van der Waals surface area contributed by atoms with Crippen LogP contribution in [0.1, 0.15) is 51.4 Å². The number of cyclic esters (lactones) is 1. The Morgan fingerprint density at radius 2 is 1.72 bits per heavy atom. The third-order valence-corrected chi connectivity index (χ3v) is 5.94. The molecule has 0 aromatic carbocycles. The Balaban J connectivity index is 1.77. The van der Waals surface area contributed by atoms with Crippen LogP contribution in [0.5, 0.6) is 0 Å². The van der Waals surface area contributed by atoms with E-state index in [1.165, 1.54) is 4.90 Å². The minimum absolute atomic E-state index is 0.0135. The number of aliphatic carboxylic acids is 1. The molecule has 164 valence electrons. The van der Waals surface area contributed by atoms with Crippen molar-refractivity contribution >= 4 is 18.0 Å². The first-order valence-electron chi connectivity index (χ1n) is 10.7. The maximum Gasteiger partial charge on any atom is 0.407 e. The first kappa shape index (κ1) is 21.8. The molecule has 2 heterocycles. The van der Waals surface area contributed by atoms with Crippen molar-refractivity contribution < 1.29 is 33.7 Å². The van der Waals surface area contributed by atoms with Crippen LogP contribution in [0.15, 0.2) is 0 Å². The van der Waals surface area contributed by atoms with Crippen molar-refractivity contribution in [1.82, 2.24) is 10.2 Å². The predicted octanol–water partition coefficient (Wildman–Crippen LogP) is 1.54. The first-order chi connectivity index (χ1) is 14.1. The lowest BCUT2D eigenvalue weighted by Gasteiger charge is -2.33. The van der Waals surface area contributed by atoms with E-state index in [0.717, 1.165) is 32.1 Å². The molecule has 2 bridgehead atoms. The third kappa shape index (κ3) is 6.05. The van der Waals surface area contributed by atoms with Gasteiger partial charge in [-0.3, -0.25) is 4.79 Å². The summed E-state index contributed by atoms with van der Waals surface area (Å²) in [6.07, 6.45) is 5.31. The molecule has 2 N–H and O–H groups in total. The van der Waals surface area contributed by atoms with Crippen LogP contribution in [0.2, 0.25) is 0 Å². The van der Waals surface area contributed by atoms with Crippen molar-refractivity contribution in [3.63, 3.8) is 0 Å². The number of carbonyl (C=O) groups excluding carboxylic acids is 2. The van der Waals surface area contributed by atoms with Gasteiger partial charge in [-0.15, -0.1) is 0 Å². The molecular formula is C20H32N2O7. The smallest absolute Gasteiger partial charge is 0.407 e. The van der Waals surface area contributed by atoms with Crippen molar-refractivity contribution in [3.8, 4) is 0 Å². The molecule has 9 nitrogen and oxygen atoms in total. The highest BCUT2D eigenvalue weighted by molar-refractivity contribution is 5.90. The van der Waals surface area contributed by atoms with E-state index < -0.39 is 24.1 Å². The summed E-state index contributed by atoms with van der Waals surface area (Å²) in [5, 5.41) is 12.4. The van der Waals surface area contributed by atoms with Gasteiger partial charge in [0.25, 0.3) is 0 Å². The Morgan fingerprint density at radius 1 is 1.00 bits per heavy atom. The average molecular weight is 412 g/mol. The molecule has 3 fully saturated rings. The standard InChI is InChI=1S/C20H32N2O7/c23-18-17(14-6-2-1-3-7-14)21-20(26)29-11-5-9-27-8-4-10-28-15-12-16(19(24)25)22(18)13-15/h14-17H,1-13H2,(H,21,26)(H,24,25)/t15-,16+,17?/m1/s1. The van der Waals surface area contributed by atoms with Crippen LogP contribution in [0.25, 0.3) is 0 Å². The number of rotatable bonds is 2. The summed E-state index contributed by atoms with van der Waals surface area (Å²) in [6, 6.07) is -1.71. The molecular weight excluding hydrogens is 380 g/mol. The molecule has 0 radical (unpaired) electrons. The van der Waals surface area contributed by atoms with E-state index >= 15 is 0 Å². The van der Waals surface area contributed by atoms with Crippen LogP contribution in [0.3, 0.4) is 0 Å². The number of carboxylic acids is 1. The highest BCUT2D eigenvalue weighted by atomic mass is 16.6. The van der Waals surface area contributed by atoms with Gasteiger partial charge < -0.3 is 29.5 Å². The lowest BCUT2D eigenvalue weighted by molar-refractivity contribution is -0.149. The molecule has 2 aliphatic heterocycles. The zero-order valence-electron chi connectivity index (χ0n) is 16.8. The highest BCUT2D eigenvalue weighted by Gasteiger charge is 2.44. The lowest BCUT2D eigenvalue weighted by Crippen LogP contribution is -2.55. The zero-order chi connectivity index (χ0) is 20.6. The zero-order valence-corrected chi connectivity index (χ0v) is 16.8. The fourth-order valence-electron chi connectivity index (χ4n) is 4.43. The Morgan fingerprint density at radius 3 is 2.45 bits per heavy atom. The van der Waals surface area contributed by atoms with E-state index in [1.54, 1.807) is 0 Å². The largest absolute Gasteiger partial charge is 0.480 e. The number of fused-ring (bicyclic) bond motifs is 2. The van der Waals surface area contributed by atoms with Crippen LogP contribution in [0.4, 0.5) is 4.79 Å². The molecule has 9 heteroatoms. The van der Waals surface area contributed by atoms with Gasteiger partial charge in [-0.1, -0.05) is 19.3 Å². The second-order valence-corrected chi connectivity index (χ2v) is 8.05. The van der Waals surface area contributed by atoms with Gasteiger partial charge in [-0.05, 0) is 25.2 Å². The van der Waals surface area contributed by atoms with Crippen molar-refractivity contribution in [1.29, 1.82) is 0 Å². The van der Waals surface area contributed by atoms with E-state index in [1.807, 2.05) is 0 Å². The fourth-order valence-corrected chi connectivity index (χ4v) is 4.43. The van der Waals surface area contributed by atoms with Gasteiger partial charge in [0.15, 0.2) is 0 Å². The summed E-state index contributed by atoms with van der Waals surface area (Å²) in [6.45, 7) is 1.89. The Bertz CT molecular complexity index is 579. The summed E-state index contributed by atoms with van der Waals surface area (Å²) < 4.78 is 16.5. The van der Waals surface area contributed by atoms with E-state index in [2.05, 4.69) is 5.32 Å². The van der Waals surface area contributed by atoms with Gasteiger partial charge in [-0.25, -0.2) is 9.59 Å². The number of carbonyl (C=O) groups is 3. The Kier molecular flexibility index (Phi) is 8.11. The molecule has 3 rings (SSSR count). The number of nitrogens with zero attached hydrogens (tertiary/aromatic N) is 1. The lowest BCUT2D eigenvalue weighted by atomic mass is 9.83. The normalized spacial score (nSPS) is 31.2. The molecule has 0 aromatic rings. The van der Waals surface area contributed by atoms with Gasteiger partial charge >= 0.3 is 12.1 Å². The number of nitrogens with one attached hydrogen (secondary N) is 1. The second-order valence-electron chi connectivity index (χ2n) is 8.05. The van der Waals surface area contributed by atoms with Crippen molar-refractivity contribution in [2.75, 3.05) is 33.0 Å². The molecule has 3 aliphatic rings. The number of hydrogen-bond acceptors (Lipinski definition) is 6. The minimum Gasteiger partial charge on any atom is -0.480 e. The first-order valence-corrected chi connectivity index (χ1v) is 10.7. The van der Waals surface area contributed by atoms with Gasteiger partial charge in [0.1, 0.15) is 12.1 Å². The Labute approximate surface area is 171 Å². The maximum absolute atomic E-state index is 13.4. The van der Waals surface area contributed by atoms with Crippen molar-refractivity contribution in [2.45, 2.75) is 69.6 Å². The molecule has 1 saturated carbocycles. The molecule has 0 aromatic heterocycles. The van der Waals surface area contributed by atoms with Crippen molar-refractivity contribution in [3.05, 3.63) is 0 Å². The van der Waals surface area contributed by atoms with Crippen LogP contribution < -0.4 is 5.32 Å². The number of alkyl carbamates (subject to hydrolysis) is 1. The maximum atomic E-state index is 13.4. The van der Waals surface area contributed by atoms with Crippen LogP contribution >= 0.6 is 0 Å². The summed E-state index contributed by atoms with van der Waals surface area (Å²) in [7, 11) is 0. The van der Waals surface area contributed by atoms with E-state index in [-0.39, 0.29) is 37.5 Å². The van der Waals surface area contributed by atoms with Crippen LogP contribution in [0, 0.1) is 5.92 Å². The molecule has 0 spiro atoms. The van der Waals surface area contributed by atoms with Gasteiger partial charge in [0.05, 0.1) is 12.7 Å². The summed E-state index contributed by atoms with van der Waals surface area (Å²) in [5.41, 5.74) is 0. The topological polar surface area (TPSA) is 114 Å². The summed E-state index contributed by atoms with van der Waals surface area (Å²) in [4.78, 5) is 38.8. The average Bonchev–Trinajstić information content (AvgIpc) is 3.15. The number of ether oxygens (including phenoxy) is 3. The summed E-state index contributed by atoms with van der Waals surface area (Å²) in [5.74, 6) is -1.40. The molecule has 1 aliphatic carbocycles. The van der Waals surface area contributed by atoms with Gasteiger partial charge in [-0.2, -0.15) is 0 Å². The predicted molar refractivity (Wildman–Crippen MR) is 102 cm³/mol. The number of amides is 2. The van der Waals surface area contributed by atoms with Gasteiger partial charge in [0, 0.05) is 39.2 Å². The molecule has 2 saturated heterocycles. The van der Waals surface area contributed by atoms with Crippen LogP contribution in [-0.4, -0.2) is 79.1 Å². The second kappa shape index (κ2) is 10.8. The molecule has 1 unspecified atom stereocenters. The molecule has 29 heavy (non-hydrogen) atoms. The number of carboxylic acid groups (broad SMARTS) is 1. The molecule has 2 amide bonds. The molecule has 3 atom stereocenters. The van der Waals surface area contributed by atoms with E-state index in [9.17, 15) is 19.5 Å². The fraction of sp³-hybridized carbons (Fsp3) is 0.850. The highest BCUT2D eigenvalue weighted by Crippen LogP contribution is 2.30.